The molecule has 24 heavy (non-hydrogen) atoms. The molecule has 0 saturated carbocycles. The van der Waals surface area contributed by atoms with Crippen molar-refractivity contribution in [2.24, 2.45) is 0 Å². The number of aromatic nitrogens is 4. The average Bonchev–Trinajstić information content (AvgIpc) is 2.95. The minimum atomic E-state index is -0.254. The number of rotatable bonds is 3. The summed E-state index contributed by atoms with van der Waals surface area (Å²) in [5.41, 5.74) is 3.07. The molecule has 0 bridgehead atoms. The van der Waals surface area contributed by atoms with Crippen molar-refractivity contribution in [2.45, 2.75) is 13.5 Å². The molecule has 0 aliphatic carbocycles. The SMILES string of the molecule is CCn1c2ccccc2c2nnc(NC(=O)c3ccccc3)nc21. The third kappa shape index (κ3) is 2.28. The number of carbonyl (C=O) groups excluding carboxylic acids is 1. The number of para-hydroxylation sites is 1. The molecule has 0 radical (unpaired) electrons. The highest BCUT2D eigenvalue weighted by Crippen LogP contribution is 2.26. The van der Waals surface area contributed by atoms with Gasteiger partial charge in [0.05, 0.1) is 5.52 Å². The first-order valence-corrected chi connectivity index (χ1v) is 7.76. The Hall–Kier alpha value is -3.28. The molecule has 2 aromatic heterocycles. The van der Waals surface area contributed by atoms with Crippen LogP contribution in [0.4, 0.5) is 5.95 Å². The van der Waals surface area contributed by atoms with Crippen LogP contribution < -0.4 is 5.32 Å². The van der Waals surface area contributed by atoms with Crippen molar-refractivity contribution >= 4 is 33.9 Å². The highest BCUT2D eigenvalue weighted by molar-refractivity contribution is 6.06. The molecule has 4 aromatic rings. The summed E-state index contributed by atoms with van der Waals surface area (Å²) in [6.45, 7) is 2.81. The van der Waals surface area contributed by atoms with Gasteiger partial charge in [-0.05, 0) is 25.1 Å². The summed E-state index contributed by atoms with van der Waals surface area (Å²) < 4.78 is 2.07. The van der Waals surface area contributed by atoms with E-state index >= 15 is 0 Å². The molecule has 118 valence electrons. The predicted octanol–water partition coefficient (Wildman–Crippen LogP) is 3.25. The molecule has 1 amide bonds. The standard InChI is InChI=1S/C18H15N5O/c1-2-23-14-11-7-6-10-13(14)15-16(23)19-18(22-21-15)20-17(24)12-8-4-3-5-9-12/h3-11H,2H2,1H3,(H,19,20,22,24). The lowest BCUT2D eigenvalue weighted by molar-refractivity contribution is 0.102. The van der Waals surface area contributed by atoms with Gasteiger partial charge in [-0.15, -0.1) is 10.2 Å². The fourth-order valence-corrected chi connectivity index (χ4v) is 2.84. The van der Waals surface area contributed by atoms with Crippen molar-refractivity contribution in [3.8, 4) is 0 Å². The van der Waals surface area contributed by atoms with Gasteiger partial charge in [0.15, 0.2) is 5.65 Å². The minimum Gasteiger partial charge on any atom is -0.324 e. The molecule has 0 saturated heterocycles. The Balaban J connectivity index is 1.78. The van der Waals surface area contributed by atoms with Crippen molar-refractivity contribution < 1.29 is 4.79 Å². The molecule has 0 aliphatic heterocycles. The van der Waals surface area contributed by atoms with Crippen LogP contribution in [0.25, 0.3) is 22.1 Å². The van der Waals surface area contributed by atoms with Crippen molar-refractivity contribution in [3.05, 3.63) is 60.2 Å². The number of aryl methyl sites for hydroxylation is 1. The largest absolute Gasteiger partial charge is 0.324 e. The van der Waals surface area contributed by atoms with Gasteiger partial charge in [0.2, 0.25) is 0 Å². The van der Waals surface area contributed by atoms with Gasteiger partial charge >= 0.3 is 0 Å². The summed E-state index contributed by atoms with van der Waals surface area (Å²) in [5, 5.41) is 12.1. The van der Waals surface area contributed by atoms with Crippen LogP contribution >= 0.6 is 0 Å². The molecule has 6 nitrogen and oxygen atoms in total. The number of anilines is 1. The van der Waals surface area contributed by atoms with E-state index in [9.17, 15) is 4.79 Å². The van der Waals surface area contributed by atoms with Gasteiger partial charge in [0.25, 0.3) is 11.9 Å². The quantitative estimate of drug-likeness (QED) is 0.629. The maximum atomic E-state index is 12.3. The van der Waals surface area contributed by atoms with Gasteiger partial charge in [-0.25, -0.2) is 0 Å². The van der Waals surface area contributed by atoms with Gasteiger partial charge in [-0.1, -0.05) is 36.4 Å². The lowest BCUT2D eigenvalue weighted by Gasteiger charge is -2.04. The van der Waals surface area contributed by atoms with E-state index in [1.807, 2.05) is 42.5 Å². The van der Waals surface area contributed by atoms with Crippen LogP contribution in [0.5, 0.6) is 0 Å². The van der Waals surface area contributed by atoms with Gasteiger partial charge in [0.1, 0.15) is 5.52 Å². The molecule has 0 spiro atoms. The van der Waals surface area contributed by atoms with E-state index in [0.717, 1.165) is 28.6 Å². The molecule has 6 heteroatoms. The fourth-order valence-electron chi connectivity index (χ4n) is 2.84. The fraction of sp³-hybridized carbons (Fsp3) is 0.111. The van der Waals surface area contributed by atoms with Gasteiger partial charge in [-0.2, -0.15) is 4.98 Å². The summed E-state index contributed by atoms with van der Waals surface area (Å²) >= 11 is 0. The lowest BCUT2D eigenvalue weighted by Crippen LogP contribution is -2.15. The van der Waals surface area contributed by atoms with Crippen LogP contribution in [-0.4, -0.2) is 25.7 Å². The van der Waals surface area contributed by atoms with E-state index in [4.69, 9.17) is 0 Å². The minimum absolute atomic E-state index is 0.203. The molecular weight excluding hydrogens is 302 g/mol. The monoisotopic (exact) mass is 317 g/mol. The Morgan fingerprint density at radius 2 is 1.79 bits per heavy atom. The molecule has 0 aliphatic rings. The topological polar surface area (TPSA) is 72.7 Å². The number of fused-ring (bicyclic) bond motifs is 3. The number of hydrogen-bond donors (Lipinski definition) is 1. The van der Waals surface area contributed by atoms with E-state index in [0.29, 0.717) is 5.56 Å². The normalized spacial score (nSPS) is 11.0. The zero-order valence-electron chi connectivity index (χ0n) is 13.1. The number of nitrogens with one attached hydrogen (secondary N) is 1. The Morgan fingerprint density at radius 3 is 2.58 bits per heavy atom. The highest BCUT2D eigenvalue weighted by Gasteiger charge is 2.14. The predicted molar refractivity (Wildman–Crippen MR) is 92.9 cm³/mol. The van der Waals surface area contributed by atoms with E-state index in [-0.39, 0.29) is 11.9 Å². The maximum Gasteiger partial charge on any atom is 0.258 e. The highest BCUT2D eigenvalue weighted by atomic mass is 16.1. The van der Waals surface area contributed by atoms with Crippen LogP contribution in [-0.2, 0) is 6.54 Å². The molecule has 4 rings (SSSR count). The van der Waals surface area contributed by atoms with Crippen molar-refractivity contribution in [1.29, 1.82) is 0 Å². The molecule has 0 fully saturated rings. The summed E-state index contributed by atoms with van der Waals surface area (Å²) in [6, 6.07) is 17.0. The lowest BCUT2D eigenvalue weighted by atomic mass is 10.2. The smallest absolute Gasteiger partial charge is 0.258 e. The Labute approximate surface area is 138 Å². The molecular formula is C18H15N5O. The second-order valence-electron chi connectivity index (χ2n) is 5.39. The molecule has 0 unspecified atom stereocenters. The Morgan fingerprint density at radius 1 is 1.04 bits per heavy atom. The van der Waals surface area contributed by atoms with E-state index < -0.39 is 0 Å². The third-order valence-electron chi connectivity index (χ3n) is 3.95. The van der Waals surface area contributed by atoms with Crippen molar-refractivity contribution in [3.63, 3.8) is 0 Å². The zero-order chi connectivity index (χ0) is 16.5. The average molecular weight is 317 g/mol. The second-order valence-corrected chi connectivity index (χ2v) is 5.39. The Kier molecular flexibility index (Phi) is 3.42. The second kappa shape index (κ2) is 5.73. The summed E-state index contributed by atoms with van der Waals surface area (Å²) in [6.07, 6.45) is 0. The number of benzene rings is 2. The van der Waals surface area contributed by atoms with Crippen LogP contribution in [0, 0.1) is 0 Å². The number of nitrogens with zero attached hydrogens (tertiary/aromatic N) is 4. The Bertz CT molecular complexity index is 1040. The summed E-state index contributed by atoms with van der Waals surface area (Å²) in [5.74, 6) is -0.0511. The van der Waals surface area contributed by atoms with Crippen LogP contribution in [0.1, 0.15) is 17.3 Å². The number of amides is 1. The van der Waals surface area contributed by atoms with Crippen molar-refractivity contribution in [2.75, 3.05) is 5.32 Å². The first-order chi connectivity index (χ1) is 11.8. The number of hydrogen-bond acceptors (Lipinski definition) is 4. The van der Waals surface area contributed by atoms with Gasteiger partial charge in [-0.3, -0.25) is 10.1 Å². The van der Waals surface area contributed by atoms with Crippen molar-refractivity contribution in [1.82, 2.24) is 19.7 Å². The summed E-state index contributed by atoms with van der Waals surface area (Å²) in [7, 11) is 0. The van der Waals surface area contributed by atoms with E-state index in [1.54, 1.807) is 12.1 Å². The van der Waals surface area contributed by atoms with E-state index in [2.05, 4.69) is 32.0 Å². The zero-order valence-corrected chi connectivity index (χ0v) is 13.1. The molecule has 2 heterocycles. The number of carbonyl (C=O) groups is 1. The van der Waals surface area contributed by atoms with Crippen LogP contribution in [0.3, 0.4) is 0 Å². The van der Waals surface area contributed by atoms with E-state index in [1.165, 1.54) is 0 Å². The third-order valence-corrected chi connectivity index (χ3v) is 3.95. The van der Waals surface area contributed by atoms with Gasteiger partial charge in [0, 0.05) is 17.5 Å². The first-order valence-electron chi connectivity index (χ1n) is 7.76. The maximum absolute atomic E-state index is 12.3. The summed E-state index contributed by atoms with van der Waals surface area (Å²) in [4.78, 5) is 16.8. The van der Waals surface area contributed by atoms with Crippen LogP contribution in [0.15, 0.2) is 54.6 Å². The molecule has 0 atom stereocenters. The molecule has 1 N–H and O–H groups in total. The molecule has 2 aromatic carbocycles. The van der Waals surface area contributed by atoms with Gasteiger partial charge < -0.3 is 4.57 Å². The first kappa shape index (κ1) is 14.3. The van der Waals surface area contributed by atoms with Crippen LogP contribution in [0.2, 0.25) is 0 Å².